The van der Waals surface area contributed by atoms with Crippen LogP contribution < -0.4 is 0 Å². The topological polar surface area (TPSA) is 6.48 Å². The van der Waals surface area contributed by atoms with E-state index in [2.05, 4.69) is 68.9 Å². The van der Waals surface area contributed by atoms with Gasteiger partial charge in [-0.05, 0) is 84.8 Å². The maximum Gasteiger partial charge on any atom is 0.0356 e. The quantitative estimate of drug-likeness (QED) is 0.804. The molecular formula is C19H32N2. The molecule has 0 spiro atoms. The molecule has 0 radical (unpaired) electrons. The Labute approximate surface area is 131 Å². The molecular weight excluding hydrogens is 256 g/mol. The smallest absolute Gasteiger partial charge is 0.0356 e. The van der Waals surface area contributed by atoms with Crippen molar-refractivity contribution in [2.75, 3.05) is 27.2 Å². The minimum Gasteiger partial charge on any atom is -0.309 e. The molecule has 2 nitrogen and oxygen atoms in total. The van der Waals surface area contributed by atoms with Gasteiger partial charge in [0.15, 0.2) is 0 Å². The first-order chi connectivity index (χ1) is 9.89. The van der Waals surface area contributed by atoms with Crippen molar-refractivity contribution in [3.05, 3.63) is 35.4 Å². The Bertz CT molecular complexity index is 445. The highest BCUT2D eigenvalue weighted by Gasteiger charge is 2.34. The number of hydrogen-bond donors (Lipinski definition) is 0. The van der Waals surface area contributed by atoms with Crippen LogP contribution in [0.2, 0.25) is 0 Å². The molecule has 1 aliphatic heterocycles. The van der Waals surface area contributed by atoms with Crippen LogP contribution in [0.4, 0.5) is 0 Å². The molecule has 1 atom stereocenters. The monoisotopic (exact) mass is 288 g/mol. The van der Waals surface area contributed by atoms with Crippen LogP contribution in [0.25, 0.3) is 0 Å². The van der Waals surface area contributed by atoms with Crippen molar-refractivity contribution in [3.8, 4) is 0 Å². The molecule has 0 bridgehead atoms. The van der Waals surface area contributed by atoms with Gasteiger partial charge in [-0.1, -0.05) is 24.3 Å². The highest BCUT2D eigenvalue weighted by Crippen LogP contribution is 2.38. The van der Waals surface area contributed by atoms with Gasteiger partial charge in [-0.2, -0.15) is 0 Å². The lowest BCUT2D eigenvalue weighted by molar-refractivity contribution is 0.121. The van der Waals surface area contributed by atoms with Gasteiger partial charge in [0.05, 0.1) is 0 Å². The van der Waals surface area contributed by atoms with Crippen LogP contribution in [0, 0.1) is 0 Å². The van der Waals surface area contributed by atoms with Crippen molar-refractivity contribution in [2.24, 2.45) is 0 Å². The molecule has 0 N–H and O–H groups in total. The van der Waals surface area contributed by atoms with Crippen LogP contribution in [0.5, 0.6) is 0 Å². The van der Waals surface area contributed by atoms with Crippen LogP contribution >= 0.6 is 0 Å². The largest absolute Gasteiger partial charge is 0.309 e. The number of aryl methyl sites for hydroxylation is 1. The molecule has 0 aromatic heterocycles. The number of hydrogen-bond acceptors (Lipinski definition) is 2. The molecule has 1 aromatic carbocycles. The number of benzene rings is 1. The zero-order valence-electron chi connectivity index (χ0n) is 14.5. The zero-order chi connectivity index (χ0) is 15.5. The van der Waals surface area contributed by atoms with Crippen LogP contribution in [0.1, 0.15) is 57.2 Å². The Hall–Kier alpha value is -0.860. The van der Waals surface area contributed by atoms with E-state index < -0.39 is 0 Å². The van der Waals surface area contributed by atoms with Crippen LogP contribution in [-0.2, 0) is 6.42 Å². The van der Waals surface area contributed by atoms with Gasteiger partial charge in [0.1, 0.15) is 0 Å². The first kappa shape index (κ1) is 16.5. The van der Waals surface area contributed by atoms with Gasteiger partial charge < -0.3 is 4.90 Å². The fourth-order valence-electron chi connectivity index (χ4n) is 3.57. The second kappa shape index (κ2) is 6.93. The summed E-state index contributed by atoms with van der Waals surface area (Å²) in [5.74, 6) is 0. The molecule has 0 amide bonds. The van der Waals surface area contributed by atoms with E-state index in [4.69, 9.17) is 0 Å². The predicted octanol–water partition coefficient (Wildman–Crippen LogP) is 4.12. The van der Waals surface area contributed by atoms with E-state index in [9.17, 15) is 0 Å². The van der Waals surface area contributed by atoms with E-state index >= 15 is 0 Å². The molecule has 118 valence electrons. The highest BCUT2D eigenvalue weighted by molar-refractivity contribution is 5.31. The predicted molar refractivity (Wildman–Crippen MR) is 91.8 cm³/mol. The first-order valence-electron chi connectivity index (χ1n) is 8.39. The van der Waals surface area contributed by atoms with E-state index in [1.807, 2.05) is 0 Å². The molecule has 0 saturated carbocycles. The number of likely N-dealkylation sites (tertiary alicyclic amines) is 1. The van der Waals surface area contributed by atoms with E-state index in [-0.39, 0.29) is 5.54 Å². The van der Waals surface area contributed by atoms with Crippen molar-refractivity contribution in [1.29, 1.82) is 0 Å². The van der Waals surface area contributed by atoms with Crippen molar-refractivity contribution in [1.82, 2.24) is 9.80 Å². The molecule has 0 unspecified atom stereocenters. The summed E-state index contributed by atoms with van der Waals surface area (Å²) in [6.07, 6.45) is 5.07. The van der Waals surface area contributed by atoms with Gasteiger partial charge in [-0.15, -0.1) is 0 Å². The highest BCUT2D eigenvalue weighted by atomic mass is 15.2. The van der Waals surface area contributed by atoms with Gasteiger partial charge >= 0.3 is 0 Å². The van der Waals surface area contributed by atoms with Crippen LogP contribution in [0.15, 0.2) is 24.3 Å². The molecule has 1 aliphatic rings. The molecule has 1 heterocycles. The Kier molecular flexibility index (Phi) is 5.45. The SMILES string of the molecule is CN(C)CCCc1ccccc1[C@H]1CCCN1C(C)(C)C. The standard InChI is InChI=1S/C19H32N2/c1-19(2,3)21-15-9-13-18(21)17-12-7-6-10-16(17)11-8-14-20(4)5/h6-7,10,12,18H,8-9,11,13-15H2,1-5H3/t18-/m1/s1. The lowest BCUT2D eigenvalue weighted by Crippen LogP contribution is -2.40. The fraction of sp³-hybridized carbons (Fsp3) is 0.684. The van der Waals surface area contributed by atoms with Gasteiger partial charge in [0.2, 0.25) is 0 Å². The van der Waals surface area contributed by atoms with Crippen molar-refractivity contribution in [3.63, 3.8) is 0 Å². The molecule has 1 aromatic rings. The average Bonchev–Trinajstić information content (AvgIpc) is 2.88. The first-order valence-corrected chi connectivity index (χ1v) is 8.39. The number of nitrogens with zero attached hydrogens (tertiary/aromatic N) is 2. The lowest BCUT2D eigenvalue weighted by atomic mass is 9.93. The molecule has 0 aliphatic carbocycles. The molecule has 1 fully saturated rings. The van der Waals surface area contributed by atoms with Gasteiger partial charge in [0, 0.05) is 11.6 Å². The minimum absolute atomic E-state index is 0.262. The Morgan fingerprint density at radius 2 is 1.90 bits per heavy atom. The summed E-state index contributed by atoms with van der Waals surface area (Å²) in [4.78, 5) is 4.97. The third-order valence-electron chi connectivity index (χ3n) is 4.58. The summed E-state index contributed by atoms with van der Waals surface area (Å²) in [6, 6.07) is 9.72. The summed E-state index contributed by atoms with van der Waals surface area (Å²) in [5, 5.41) is 0. The summed E-state index contributed by atoms with van der Waals surface area (Å²) in [5.41, 5.74) is 3.39. The van der Waals surface area contributed by atoms with Crippen LogP contribution in [-0.4, -0.2) is 42.5 Å². The van der Waals surface area contributed by atoms with E-state index in [1.165, 1.54) is 38.8 Å². The molecule has 1 saturated heterocycles. The minimum atomic E-state index is 0.262. The summed E-state index contributed by atoms with van der Waals surface area (Å²) >= 11 is 0. The van der Waals surface area contributed by atoms with Crippen molar-refractivity contribution >= 4 is 0 Å². The van der Waals surface area contributed by atoms with Crippen molar-refractivity contribution < 1.29 is 0 Å². The molecule has 21 heavy (non-hydrogen) atoms. The third-order valence-corrected chi connectivity index (χ3v) is 4.58. The fourth-order valence-corrected chi connectivity index (χ4v) is 3.57. The number of rotatable bonds is 5. The van der Waals surface area contributed by atoms with Crippen molar-refractivity contribution in [2.45, 2.75) is 58.0 Å². The summed E-state index contributed by atoms with van der Waals surface area (Å²) in [6.45, 7) is 9.45. The van der Waals surface area contributed by atoms with Gasteiger partial charge in [-0.3, -0.25) is 4.90 Å². The normalized spacial score (nSPS) is 20.4. The molecule has 2 rings (SSSR count). The lowest BCUT2D eigenvalue weighted by Gasteiger charge is -2.38. The van der Waals surface area contributed by atoms with E-state index in [0.717, 1.165) is 0 Å². The Morgan fingerprint density at radius 3 is 2.57 bits per heavy atom. The van der Waals surface area contributed by atoms with E-state index in [0.29, 0.717) is 6.04 Å². The van der Waals surface area contributed by atoms with Gasteiger partial charge in [-0.25, -0.2) is 0 Å². The maximum atomic E-state index is 2.69. The Morgan fingerprint density at radius 1 is 1.19 bits per heavy atom. The van der Waals surface area contributed by atoms with E-state index in [1.54, 1.807) is 11.1 Å². The summed E-state index contributed by atoms with van der Waals surface area (Å²) in [7, 11) is 4.31. The second-order valence-corrected chi connectivity index (χ2v) is 7.63. The maximum absolute atomic E-state index is 2.69. The zero-order valence-corrected chi connectivity index (χ0v) is 14.5. The molecule has 2 heteroatoms. The Balaban J connectivity index is 2.15. The second-order valence-electron chi connectivity index (χ2n) is 7.63. The van der Waals surface area contributed by atoms with Crippen LogP contribution in [0.3, 0.4) is 0 Å². The van der Waals surface area contributed by atoms with Gasteiger partial charge in [0.25, 0.3) is 0 Å². The average molecular weight is 288 g/mol. The summed E-state index contributed by atoms with van der Waals surface area (Å²) < 4.78 is 0. The third kappa shape index (κ3) is 4.31.